The smallest absolute Gasteiger partial charge is 0.173 e. The molecule has 1 fully saturated rings. The van der Waals surface area contributed by atoms with Gasteiger partial charge in [-0.3, -0.25) is 0 Å². The van der Waals surface area contributed by atoms with Crippen LogP contribution in [0.3, 0.4) is 0 Å². The van der Waals surface area contributed by atoms with Gasteiger partial charge in [0.15, 0.2) is 5.84 Å². The van der Waals surface area contributed by atoms with Crippen molar-refractivity contribution in [1.29, 1.82) is 0 Å². The van der Waals surface area contributed by atoms with E-state index in [0.29, 0.717) is 17.9 Å². The van der Waals surface area contributed by atoms with Gasteiger partial charge in [-0.1, -0.05) is 21.1 Å². The Balaban J connectivity index is 2.11. The van der Waals surface area contributed by atoms with Gasteiger partial charge in [-0.2, -0.15) is 0 Å². The summed E-state index contributed by atoms with van der Waals surface area (Å²) >= 11 is 3.37. The number of rotatable bonds is 4. The highest BCUT2D eigenvalue weighted by Gasteiger charge is 2.17. The summed E-state index contributed by atoms with van der Waals surface area (Å²) in [6.07, 6.45) is 2.20. The van der Waals surface area contributed by atoms with E-state index in [4.69, 9.17) is 20.4 Å². The molecule has 1 saturated heterocycles. The Hall–Kier alpha value is -1.27. The van der Waals surface area contributed by atoms with Crippen LogP contribution in [0.4, 0.5) is 0 Å². The zero-order valence-corrected chi connectivity index (χ0v) is 11.4. The van der Waals surface area contributed by atoms with Crippen LogP contribution in [-0.2, 0) is 4.74 Å². The second-order valence-corrected chi connectivity index (χ2v) is 4.99. The number of hydrogen-bond acceptors (Lipinski definition) is 4. The minimum atomic E-state index is 0.0323. The van der Waals surface area contributed by atoms with Crippen LogP contribution in [0.5, 0.6) is 5.75 Å². The number of nitrogens with two attached hydrogens (primary N) is 1. The summed E-state index contributed by atoms with van der Waals surface area (Å²) in [5, 5.41) is 11.7. The van der Waals surface area contributed by atoms with Crippen molar-refractivity contribution in [3.05, 3.63) is 28.2 Å². The first kappa shape index (κ1) is 13.2. The Labute approximate surface area is 114 Å². The van der Waals surface area contributed by atoms with Gasteiger partial charge in [-0.05, 0) is 31.0 Å². The standard InChI is InChI=1S/C12H15BrN2O3/c13-8-3-4-10(12(14)15-16)11(6-8)18-7-9-2-1-5-17-9/h3-4,6,9,16H,1-2,5,7H2,(H2,14,15). The van der Waals surface area contributed by atoms with Crippen molar-refractivity contribution in [2.75, 3.05) is 13.2 Å². The van der Waals surface area contributed by atoms with Gasteiger partial charge in [0, 0.05) is 11.1 Å². The molecular formula is C12H15BrN2O3. The topological polar surface area (TPSA) is 77.1 Å². The van der Waals surface area contributed by atoms with E-state index in [2.05, 4.69) is 21.1 Å². The highest BCUT2D eigenvalue weighted by molar-refractivity contribution is 9.10. The number of nitrogens with zero attached hydrogens (tertiary/aromatic N) is 1. The number of ether oxygens (including phenoxy) is 2. The summed E-state index contributed by atoms with van der Waals surface area (Å²) in [5.74, 6) is 0.611. The molecule has 2 rings (SSSR count). The van der Waals surface area contributed by atoms with Crippen LogP contribution in [-0.4, -0.2) is 30.4 Å². The Kier molecular flexibility index (Phi) is 4.43. The predicted octanol–water partition coefficient (Wildman–Crippen LogP) is 2.10. The van der Waals surface area contributed by atoms with Crippen molar-refractivity contribution in [3.63, 3.8) is 0 Å². The lowest BCUT2D eigenvalue weighted by molar-refractivity contribution is 0.0678. The Morgan fingerprint density at radius 1 is 1.61 bits per heavy atom. The summed E-state index contributed by atoms with van der Waals surface area (Å²) in [6, 6.07) is 5.35. The van der Waals surface area contributed by atoms with Gasteiger partial charge in [0.1, 0.15) is 12.4 Å². The number of oxime groups is 1. The molecule has 0 bridgehead atoms. The molecule has 1 aliphatic heterocycles. The van der Waals surface area contributed by atoms with Crippen LogP contribution in [0.15, 0.2) is 27.8 Å². The molecule has 5 nitrogen and oxygen atoms in total. The average Bonchev–Trinajstić information content (AvgIpc) is 2.88. The lowest BCUT2D eigenvalue weighted by Crippen LogP contribution is -2.19. The average molecular weight is 315 g/mol. The second kappa shape index (κ2) is 6.06. The van der Waals surface area contributed by atoms with Crippen LogP contribution in [0.2, 0.25) is 0 Å². The van der Waals surface area contributed by atoms with E-state index in [9.17, 15) is 0 Å². The van der Waals surface area contributed by atoms with E-state index in [-0.39, 0.29) is 11.9 Å². The van der Waals surface area contributed by atoms with Gasteiger partial charge in [0.25, 0.3) is 0 Å². The molecule has 1 aliphatic rings. The fraction of sp³-hybridized carbons (Fsp3) is 0.417. The lowest BCUT2D eigenvalue weighted by Gasteiger charge is -2.14. The van der Waals surface area contributed by atoms with E-state index in [0.717, 1.165) is 23.9 Å². The summed E-state index contributed by atoms with van der Waals surface area (Å²) < 4.78 is 12.1. The van der Waals surface area contributed by atoms with Gasteiger partial charge >= 0.3 is 0 Å². The maximum absolute atomic E-state index is 8.73. The SMILES string of the molecule is N/C(=N/O)c1ccc(Br)cc1OCC1CCCO1. The molecule has 0 spiro atoms. The number of amidine groups is 1. The molecule has 1 heterocycles. The van der Waals surface area contributed by atoms with E-state index in [1.807, 2.05) is 6.07 Å². The highest BCUT2D eigenvalue weighted by Crippen LogP contribution is 2.24. The highest BCUT2D eigenvalue weighted by atomic mass is 79.9. The lowest BCUT2D eigenvalue weighted by atomic mass is 10.2. The monoisotopic (exact) mass is 314 g/mol. The van der Waals surface area contributed by atoms with Crippen molar-refractivity contribution < 1.29 is 14.7 Å². The van der Waals surface area contributed by atoms with Gasteiger partial charge in [-0.25, -0.2) is 0 Å². The first-order chi connectivity index (χ1) is 8.70. The van der Waals surface area contributed by atoms with Crippen molar-refractivity contribution in [1.82, 2.24) is 0 Å². The molecule has 0 saturated carbocycles. The molecule has 1 aromatic carbocycles. The maximum atomic E-state index is 8.73. The van der Waals surface area contributed by atoms with Gasteiger partial charge in [-0.15, -0.1) is 0 Å². The van der Waals surface area contributed by atoms with Crippen LogP contribution < -0.4 is 10.5 Å². The first-order valence-corrected chi connectivity index (χ1v) is 6.52. The molecule has 1 atom stereocenters. The minimum Gasteiger partial charge on any atom is -0.490 e. The van der Waals surface area contributed by atoms with Crippen molar-refractivity contribution in [2.45, 2.75) is 18.9 Å². The third kappa shape index (κ3) is 3.14. The largest absolute Gasteiger partial charge is 0.490 e. The summed E-state index contributed by atoms with van der Waals surface area (Å²) in [5.41, 5.74) is 6.17. The molecule has 0 radical (unpaired) electrons. The molecular weight excluding hydrogens is 300 g/mol. The number of halogens is 1. The van der Waals surface area contributed by atoms with Gasteiger partial charge in [0.2, 0.25) is 0 Å². The molecule has 1 aromatic rings. The quantitative estimate of drug-likeness (QED) is 0.386. The third-order valence-electron chi connectivity index (χ3n) is 2.78. The summed E-state index contributed by atoms with van der Waals surface area (Å²) in [6.45, 7) is 1.27. The fourth-order valence-electron chi connectivity index (χ4n) is 1.84. The molecule has 0 aromatic heterocycles. The van der Waals surface area contributed by atoms with Crippen LogP contribution in [0.25, 0.3) is 0 Å². The first-order valence-electron chi connectivity index (χ1n) is 5.72. The summed E-state index contributed by atoms with van der Waals surface area (Å²) in [4.78, 5) is 0. The number of hydrogen-bond donors (Lipinski definition) is 2. The van der Waals surface area contributed by atoms with E-state index in [1.54, 1.807) is 12.1 Å². The predicted molar refractivity (Wildman–Crippen MR) is 71.1 cm³/mol. The number of benzene rings is 1. The van der Waals surface area contributed by atoms with Gasteiger partial charge < -0.3 is 20.4 Å². The zero-order valence-electron chi connectivity index (χ0n) is 9.80. The zero-order chi connectivity index (χ0) is 13.0. The van der Waals surface area contributed by atoms with Gasteiger partial charge in [0.05, 0.1) is 11.7 Å². The second-order valence-electron chi connectivity index (χ2n) is 4.07. The molecule has 0 aliphatic carbocycles. The van der Waals surface area contributed by atoms with E-state index in [1.165, 1.54) is 0 Å². The molecule has 3 N–H and O–H groups in total. The Morgan fingerprint density at radius 2 is 2.44 bits per heavy atom. The minimum absolute atomic E-state index is 0.0323. The molecule has 6 heteroatoms. The molecule has 98 valence electrons. The van der Waals surface area contributed by atoms with Crippen molar-refractivity contribution >= 4 is 21.8 Å². The molecule has 1 unspecified atom stereocenters. The maximum Gasteiger partial charge on any atom is 0.173 e. The van der Waals surface area contributed by atoms with E-state index < -0.39 is 0 Å². The van der Waals surface area contributed by atoms with Crippen molar-refractivity contribution in [2.24, 2.45) is 10.9 Å². The molecule has 0 amide bonds. The van der Waals surface area contributed by atoms with Crippen LogP contribution in [0, 0.1) is 0 Å². The third-order valence-corrected chi connectivity index (χ3v) is 3.27. The van der Waals surface area contributed by atoms with Crippen LogP contribution >= 0.6 is 15.9 Å². The normalized spacial score (nSPS) is 20.1. The molecule has 18 heavy (non-hydrogen) atoms. The van der Waals surface area contributed by atoms with E-state index >= 15 is 0 Å². The Bertz CT molecular complexity index is 445. The Morgan fingerprint density at radius 3 is 3.11 bits per heavy atom. The van der Waals surface area contributed by atoms with Crippen molar-refractivity contribution in [3.8, 4) is 5.75 Å². The summed E-state index contributed by atoms with van der Waals surface area (Å²) in [7, 11) is 0. The van der Waals surface area contributed by atoms with Crippen LogP contribution in [0.1, 0.15) is 18.4 Å². The fourth-order valence-corrected chi connectivity index (χ4v) is 2.18.